The van der Waals surface area contributed by atoms with Gasteiger partial charge in [0.2, 0.25) is 0 Å². The molecule has 27 heavy (non-hydrogen) atoms. The van der Waals surface area contributed by atoms with Gasteiger partial charge >= 0.3 is 0 Å². The molecule has 6 nitrogen and oxygen atoms in total. The maximum absolute atomic E-state index is 13.0. The van der Waals surface area contributed by atoms with Crippen molar-refractivity contribution in [1.29, 1.82) is 0 Å². The number of nitrogens with two attached hydrogens (primary N) is 1. The molecule has 0 saturated carbocycles. The van der Waals surface area contributed by atoms with Gasteiger partial charge in [-0.1, -0.05) is 12.1 Å². The van der Waals surface area contributed by atoms with Crippen LogP contribution in [0.4, 0.5) is 0 Å². The molecule has 0 aromatic heterocycles. The van der Waals surface area contributed by atoms with Crippen LogP contribution in [0.5, 0.6) is 23.0 Å². The van der Waals surface area contributed by atoms with Crippen molar-refractivity contribution in [2.24, 2.45) is 11.8 Å². The van der Waals surface area contributed by atoms with Gasteiger partial charge in [0, 0.05) is 0 Å². The third-order valence-electron chi connectivity index (χ3n) is 5.61. The molecule has 0 aliphatic carbocycles. The number of carbonyl (C=O) groups excluding carboxylic acids is 1. The predicted octanol–water partition coefficient (Wildman–Crippen LogP) is 2.32. The second-order valence-corrected chi connectivity index (χ2v) is 7.02. The fourth-order valence-corrected chi connectivity index (χ4v) is 4.02. The number of phenolic OH excluding ortho intramolecular Hbond substituents is 2. The Morgan fingerprint density at radius 3 is 1.59 bits per heavy atom. The largest absolute Gasteiger partial charge is 0.504 e. The molecule has 0 radical (unpaired) electrons. The number of phenols is 2. The summed E-state index contributed by atoms with van der Waals surface area (Å²) in [4.78, 5) is 13.0. The average Bonchev–Trinajstić information content (AvgIpc) is 2.68. The van der Waals surface area contributed by atoms with E-state index in [1.807, 2.05) is 19.2 Å². The maximum Gasteiger partial charge on any atom is 0.166 e. The minimum atomic E-state index is -0.292. The lowest BCUT2D eigenvalue weighted by Gasteiger charge is -2.36. The maximum atomic E-state index is 13.0. The number of methoxy groups -OCH3 is 2. The van der Waals surface area contributed by atoms with Gasteiger partial charge in [0.25, 0.3) is 0 Å². The first-order valence-electron chi connectivity index (χ1n) is 9.01. The number of para-hydroxylation sites is 2. The average molecular weight is 372 g/mol. The lowest BCUT2D eigenvalue weighted by molar-refractivity contribution is -0.748. The van der Waals surface area contributed by atoms with Gasteiger partial charge in [0.05, 0.1) is 37.2 Å². The van der Waals surface area contributed by atoms with Crippen LogP contribution in [0.1, 0.15) is 37.1 Å². The van der Waals surface area contributed by atoms with Crippen molar-refractivity contribution < 1.29 is 29.8 Å². The standard InChI is InChI=1S/C21H25NO5/c1-11-17(13-7-5-9-15(26-3)20(13)24)22-18(12(2)19(11)23)14-8-6-10-16(27-4)21(14)25/h5-12,17-18,22,24-25H,1-4H3/p+1/t11-,12-,17-,18-/m0/s1. The Bertz CT molecular complexity index is 783. The minimum absolute atomic E-state index is 0.0454. The highest BCUT2D eigenvalue weighted by atomic mass is 16.5. The van der Waals surface area contributed by atoms with E-state index in [9.17, 15) is 15.0 Å². The number of hydrogen-bond acceptors (Lipinski definition) is 5. The SMILES string of the molecule is COc1cccc([C@H]2[NH2+][C@H](c3cccc(OC)c3O)[C@H](C)C(=O)[C@H]2C)c1O. The molecule has 1 heterocycles. The van der Waals surface area contributed by atoms with Crippen molar-refractivity contribution >= 4 is 5.78 Å². The number of benzene rings is 2. The number of ketones is 1. The molecule has 4 atom stereocenters. The van der Waals surface area contributed by atoms with Crippen molar-refractivity contribution in [3.8, 4) is 23.0 Å². The summed E-state index contributed by atoms with van der Waals surface area (Å²) >= 11 is 0. The Hall–Kier alpha value is -2.73. The summed E-state index contributed by atoms with van der Waals surface area (Å²) in [5, 5.41) is 23.2. The van der Waals surface area contributed by atoms with Crippen molar-refractivity contribution in [3.63, 3.8) is 0 Å². The summed E-state index contributed by atoms with van der Waals surface area (Å²) in [5.74, 6) is 0.356. The summed E-state index contributed by atoms with van der Waals surface area (Å²) in [6.07, 6.45) is 0. The monoisotopic (exact) mass is 372 g/mol. The van der Waals surface area contributed by atoms with Crippen LogP contribution in [0, 0.1) is 11.8 Å². The van der Waals surface area contributed by atoms with Crippen LogP contribution in [-0.2, 0) is 4.79 Å². The molecule has 6 heteroatoms. The van der Waals surface area contributed by atoms with Gasteiger partial charge < -0.3 is 25.0 Å². The fraction of sp³-hybridized carbons (Fsp3) is 0.381. The fourth-order valence-electron chi connectivity index (χ4n) is 4.02. The van der Waals surface area contributed by atoms with Gasteiger partial charge in [-0.05, 0) is 38.1 Å². The van der Waals surface area contributed by atoms with E-state index in [1.165, 1.54) is 14.2 Å². The molecule has 1 saturated heterocycles. The number of Topliss-reactive ketones (excluding diaryl/α,β-unsaturated/α-hetero) is 1. The van der Waals surface area contributed by atoms with E-state index in [4.69, 9.17) is 9.47 Å². The molecule has 1 aliphatic heterocycles. The molecule has 2 aromatic carbocycles. The van der Waals surface area contributed by atoms with Crippen molar-refractivity contribution in [2.45, 2.75) is 25.9 Å². The van der Waals surface area contributed by atoms with E-state index in [0.717, 1.165) is 0 Å². The van der Waals surface area contributed by atoms with Gasteiger partial charge in [-0.15, -0.1) is 0 Å². The Kier molecular flexibility index (Phi) is 5.28. The molecular formula is C21H26NO5+. The van der Waals surface area contributed by atoms with Crippen LogP contribution in [0.3, 0.4) is 0 Å². The summed E-state index contributed by atoms with van der Waals surface area (Å²) in [6.45, 7) is 3.75. The number of piperidine rings is 1. The zero-order chi connectivity index (χ0) is 19.7. The number of carbonyl (C=O) groups is 1. The smallest absolute Gasteiger partial charge is 0.166 e. The first kappa shape index (κ1) is 19.0. The molecule has 1 fully saturated rings. The van der Waals surface area contributed by atoms with E-state index in [2.05, 4.69) is 0 Å². The summed E-state index contributed by atoms with van der Waals surface area (Å²) in [5.41, 5.74) is 1.30. The Morgan fingerprint density at radius 1 is 0.815 bits per heavy atom. The Labute approximate surface area is 158 Å². The second-order valence-electron chi connectivity index (χ2n) is 7.02. The molecule has 0 spiro atoms. The molecule has 3 rings (SSSR count). The minimum Gasteiger partial charge on any atom is -0.504 e. The molecule has 0 bridgehead atoms. The molecule has 0 unspecified atom stereocenters. The van der Waals surface area contributed by atoms with Gasteiger partial charge in [-0.3, -0.25) is 4.79 Å². The highest BCUT2D eigenvalue weighted by Crippen LogP contribution is 2.41. The molecule has 144 valence electrons. The van der Waals surface area contributed by atoms with Crippen molar-refractivity contribution in [1.82, 2.24) is 0 Å². The quantitative estimate of drug-likeness (QED) is 0.766. The molecule has 1 aliphatic rings. The van der Waals surface area contributed by atoms with Gasteiger partial charge in [0.1, 0.15) is 12.1 Å². The predicted molar refractivity (Wildman–Crippen MR) is 100 cm³/mol. The lowest BCUT2D eigenvalue weighted by Crippen LogP contribution is -2.91. The van der Waals surface area contributed by atoms with Crippen molar-refractivity contribution in [2.75, 3.05) is 14.2 Å². The summed E-state index contributed by atoms with van der Waals surface area (Å²) in [6, 6.07) is 10.00. The number of rotatable bonds is 4. The first-order valence-corrected chi connectivity index (χ1v) is 9.01. The molecular weight excluding hydrogens is 346 g/mol. The third-order valence-corrected chi connectivity index (χ3v) is 5.61. The topological polar surface area (TPSA) is 92.6 Å². The highest BCUT2D eigenvalue weighted by Gasteiger charge is 2.45. The zero-order valence-corrected chi connectivity index (χ0v) is 16.0. The molecule has 2 aromatic rings. The lowest BCUT2D eigenvalue weighted by atomic mass is 9.76. The van der Waals surface area contributed by atoms with E-state index < -0.39 is 0 Å². The highest BCUT2D eigenvalue weighted by molar-refractivity contribution is 5.85. The van der Waals surface area contributed by atoms with Crippen LogP contribution in [0.15, 0.2) is 36.4 Å². The first-order chi connectivity index (χ1) is 12.9. The van der Waals surface area contributed by atoms with Crippen molar-refractivity contribution in [3.05, 3.63) is 47.5 Å². The van der Waals surface area contributed by atoms with Crippen LogP contribution >= 0.6 is 0 Å². The number of aromatic hydroxyl groups is 2. The molecule has 0 amide bonds. The third kappa shape index (κ3) is 3.21. The van der Waals surface area contributed by atoms with E-state index in [0.29, 0.717) is 22.6 Å². The van der Waals surface area contributed by atoms with Crippen LogP contribution < -0.4 is 14.8 Å². The van der Waals surface area contributed by atoms with Gasteiger partial charge in [0.15, 0.2) is 28.8 Å². The van der Waals surface area contributed by atoms with E-state index >= 15 is 0 Å². The number of hydrogen-bond donors (Lipinski definition) is 3. The Balaban J connectivity index is 2.05. The summed E-state index contributed by atoms with van der Waals surface area (Å²) < 4.78 is 10.4. The van der Waals surface area contributed by atoms with Crippen LogP contribution in [0.2, 0.25) is 0 Å². The summed E-state index contributed by atoms with van der Waals surface area (Å²) in [7, 11) is 2.99. The normalized spacial score (nSPS) is 25.3. The van der Waals surface area contributed by atoms with E-state index in [1.54, 1.807) is 36.4 Å². The Morgan fingerprint density at radius 2 is 1.22 bits per heavy atom. The van der Waals surface area contributed by atoms with E-state index in [-0.39, 0.29) is 41.2 Å². The zero-order valence-electron chi connectivity index (χ0n) is 16.0. The second kappa shape index (κ2) is 7.48. The number of quaternary nitrogens is 1. The van der Waals surface area contributed by atoms with Crippen LogP contribution in [-0.4, -0.2) is 30.2 Å². The molecule has 4 N–H and O–H groups in total. The number of ether oxygens (including phenoxy) is 2. The van der Waals surface area contributed by atoms with Crippen LogP contribution in [0.25, 0.3) is 0 Å². The van der Waals surface area contributed by atoms with Gasteiger partial charge in [-0.25, -0.2) is 0 Å². The van der Waals surface area contributed by atoms with Gasteiger partial charge in [-0.2, -0.15) is 0 Å².